The number of aromatic nitrogens is 2. The Labute approximate surface area is 199 Å². The maximum atomic E-state index is 4.30. The monoisotopic (exact) mass is 450 g/mol. The molecule has 0 atom stereocenters. The second kappa shape index (κ2) is 6.66. The minimum absolute atomic E-state index is 1.16. The summed E-state index contributed by atoms with van der Waals surface area (Å²) in [4.78, 5) is 4.30. The first kappa shape index (κ1) is 18.2. The third-order valence-corrected chi connectivity index (χ3v) is 8.21. The molecule has 0 saturated carbocycles. The third-order valence-electron chi connectivity index (χ3n) is 7.03. The van der Waals surface area contributed by atoms with E-state index in [2.05, 4.69) is 107 Å². The average molecular weight is 451 g/mol. The van der Waals surface area contributed by atoms with Crippen molar-refractivity contribution in [2.24, 2.45) is 0 Å². The summed E-state index contributed by atoms with van der Waals surface area (Å²) in [5, 5.41) is 10.3. The van der Waals surface area contributed by atoms with E-state index >= 15 is 0 Å². The van der Waals surface area contributed by atoms with Crippen molar-refractivity contribution in [2.75, 3.05) is 0 Å². The summed E-state index contributed by atoms with van der Waals surface area (Å²) in [5.74, 6) is 0. The molecular weight excluding hydrogens is 432 g/mol. The van der Waals surface area contributed by atoms with E-state index < -0.39 is 0 Å². The van der Waals surface area contributed by atoms with Crippen LogP contribution in [-0.4, -0.2) is 9.55 Å². The molecule has 0 bridgehead atoms. The van der Waals surface area contributed by atoms with Crippen LogP contribution in [0.15, 0.2) is 109 Å². The van der Waals surface area contributed by atoms with Gasteiger partial charge in [-0.3, -0.25) is 4.98 Å². The highest BCUT2D eigenvalue weighted by atomic mass is 32.1. The summed E-state index contributed by atoms with van der Waals surface area (Å²) in [5.41, 5.74) is 3.71. The zero-order valence-corrected chi connectivity index (χ0v) is 19.0. The van der Waals surface area contributed by atoms with Gasteiger partial charge in [-0.1, -0.05) is 66.7 Å². The van der Waals surface area contributed by atoms with E-state index in [4.69, 9.17) is 0 Å². The second-order valence-electron chi connectivity index (χ2n) is 8.83. The number of thiophene rings is 1. The quantitative estimate of drug-likeness (QED) is 0.244. The van der Waals surface area contributed by atoms with E-state index in [0.29, 0.717) is 0 Å². The van der Waals surface area contributed by atoms with Crippen molar-refractivity contribution in [3.63, 3.8) is 0 Å². The molecule has 0 aliphatic rings. The first-order valence-corrected chi connectivity index (χ1v) is 12.3. The molecule has 0 saturated heterocycles. The van der Waals surface area contributed by atoms with E-state index in [-0.39, 0.29) is 0 Å². The largest absolute Gasteiger partial charge is 0.308 e. The number of fused-ring (bicyclic) bond motifs is 11. The van der Waals surface area contributed by atoms with Gasteiger partial charge in [-0.2, -0.15) is 0 Å². The molecule has 34 heavy (non-hydrogen) atoms. The Morgan fingerprint density at radius 3 is 2.24 bits per heavy atom. The molecule has 0 fully saturated rings. The van der Waals surface area contributed by atoms with Gasteiger partial charge in [0.15, 0.2) is 0 Å². The summed E-state index contributed by atoms with van der Waals surface area (Å²) >= 11 is 1.90. The van der Waals surface area contributed by atoms with Crippen LogP contribution in [0.4, 0.5) is 0 Å². The minimum atomic E-state index is 1.16. The van der Waals surface area contributed by atoms with Crippen molar-refractivity contribution >= 4 is 74.9 Å². The minimum Gasteiger partial charge on any atom is -0.308 e. The van der Waals surface area contributed by atoms with E-state index in [1.54, 1.807) is 0 Å². The lowest BCUT2D eigenvalue weighted by Gasteiger charge is -2.11. The molecule has 0 spiro atoms. The van der Waals surface area contributed by atoms with Crippen molar-refractivity contribution in [1.29, 1.82) is 0 Å². The topological polar surface area (TPSA) is 17.8 Å². The van der Waals surface area contributed by atoms with Gasteiger partial charge in [-0.15, -0.1) is 11.3 Å². The fourth-order valence-electron chi connectivity index (χ4n) is 5.60. The van der Waals surface area contributed by atoms with Gasteiger partial charge in [0, 0.05) is 49.7 Å². The normalized spacial score (nSPS) is 12.1. The van der Waals surface area contributed by atoms with Gasteiger partial charge < -0.3 is 4.57 Å². The lowest BCUT2D eigenvalue weighted by Crippen LogP contribution is -1.94. The predicted molar refractivity (Wildman–Crippen MR) is 146 cm³/mol. The van der Waals surface area contributed by atoms with Crippen LogP contribution in [0.3, 0.4) is 0 Å². The second-order valence-corrected chi connectivity index (χ2v) is 9.88. The van der Waals surface area contributed by atoms with Crippen LogP contribution in [0.25, 0.3) is 69.2 Å². The molecule has 5 aromatic carbocycles. The molecule has 8 rings (SSSR count). The first-order chi connectivity index (χ1) is 16.9. The van der Waals surface area contributed by atoms with Crippen LogP contribution < -0.4 is 0 Å². The highest BCUT2D eigenvalue weighted by molar-refractivity contribution is 7.27. The van der Waals surface area contributed by atoms with E-state index in [9.17, 15) is 0 Å². The first-order valence-electron chi connectivity index (χ1n) is 11.5. The lowest BCUT2D eigenvalue weighted by atomic mass is 9.99. The molecule has 0 radical (unpaired) electrons. The van der Waals surface area contributed by atoms with Crippen LogP contribution >= 0.6 is 11.3 Å². The maximum absolute atomic E-state index is 4.30. The van der Waals surface area contributed by atoms with Crippen LogP contribution in [0.2, 0.25) is 0 Å². The predicted octanol–water partition coefficient (Wildman–Crippen LogP) is 8.85. The van der Waals surface area contributed by atoms with Gasteiger partial charge in [0.2, 0.25) is 0 Å². The van der Waals surface area contributed by atoms with E-state index in [1.165, 1.54) is 63.8 Å². The van der Waals surface area contributed by atoms with Crippen molar-refractivity contribution in [3.8, 4) is 5.69 Å². The summed E-state index contributed by atoms with van der Waals surface area (Å²) in [6.45, 7) is 0. The number of benzene rings is 5. The van der Waals surface area contributed by atoms with Crippen LogP contribution in [0, 0.1) is 0 Å². The molecule has 0 amide bonds. The average Bonchev–Trinajstić information content (AvgIpc) is 3.45. The highest BCUT2D eigenvalue weighted by Crippen LogP contribution is 2.47. The number of pyridine rings is 1. The molecule has 0 aliphatic heterocycles. The Kier molecular flexibility index (Phi) is 3.57. The molecule has 0 unspecified atom stereocenters. The van der Waals surface area contributed by atoms with Gasteiger partial charge in [-0.05, 0) is 46.5 Å². The summed E-state index contributed by atoms with van der Waals surface area (Å²) < 4.78 is 5.15. The standard InChI is InChI=1S/C31H18N2S/c1-2-8-23-22(7-1)28-24-9-3-5-11-26(24)33(21-14-13-20-18-32-16-15-19(20)17-21)30(28)31-29(23)25-10-4-6-12-27(25)34-31/h1-18H. The van der Waals surface area contributed by atoms with Crippen LogP contribution in [-0.2, 0) is 0 Å². The van der Waals surface area contributed by atoms with Gasteiger partial charge in [0.1, 0.15) is 0 Å². The zero-order chi connectivity index (χ0) is 22.2. The molecule has 158 valence electrons. The Morgan fingerprint density at radius 2 is 1.35 bits per heavy atom. The Morgan fingerprint density at radius 1 is 0.618 bits per heavy atom. The fraction of sp³-hybridized carbons (Fsp3) is 0. The molecule has 0 N–H and O–H groups in total. The molecule has 3 aromatic heterocycles. The number of hydrogen-bond acceptors (Lipinski definition) is 2. The van der Waals surface area contributed by atoms with Crippen LogP contribution in [0.1, 0.15) is 0 Å². The number of rotatable bonds is 1. The Balaban J connectivity index is 1.69. The van der Waals surface area contributed by atoms with Crippen molar-refractivity contribution in [3.05, 3.63) is 109 Å². The smallest absolute Gasteiger partial charge is 0.0726 e. The number of para-hydroxylation sites is 1. The third kappa shape index (κ3) is 2.32. The summed E-state index contributed by atoms with van der Waals surface area (Å²) in [6.07, 6.45) is 3.80. The van der Waals surface area contributed by atoms with Gasteiger partial charge in [-0.25, -0.2) is 0 Å². The fourth-order valence-corrected chi connectivity index (χ4v) is 6.86. The highest BCUT2D eigenvalue weighted by Gasteiger charge is 2.21. The zero-order valence-electron chi connectivity index (χ0n) is 18.2. The maximum Gasteiger partial charge on any atom is 0.0726 e. The van der Waals surface area contributed by atoms with E-state index in [1.807, 2.05) is 23.7 Å². The van der Waals surface area contributed by atoms with Crippen molar-refractivity contribution in [2.45, 2.75) is 0 Å². The number of hydrogen-bond donors (Lipinski definition) is 0. The lowest BCUT2D eigenvalue weighted by molar-refractivity contribution is 1.19. The molecule has 3 heterocycles. The van der Waals surface area contributed by atoms with Crippen molar-refractivity contribution < 1.29 is 0 Å². The van der Waals surface area contributed by atoms with Gasteiger partial charge >= 0.3 is 0 Å². The summed E-state index contributed by atoms with van der Waals surface area (Å²) in [7, 11) is 0. The SMILES string of the molecule is c1ccc2c(c1)sc1c2c2ccccc2c2c3ccccc3n(-c3ccc4cnccc4c3)c12. The van der Waals surface area contributed by atoms with Gasteiger partial charge in [0.05, 0.1) is 15.7 Å². The molecule has 3 heteroatoms. The van der Waals surface area contributed by atoms with E-state index in [0.717, 1.165) is 5.39 Å². The number of nitrogens with zero attached hydrogens (tertiary/aromatic N) is 2. The van der Waals surface area contributed by atoms with Crippen LogP contribution in [0.5, 0.6) is 0 Å². The Hall–Kier alpha value is -4.21. The Bertz CT molecular complexity index is 2080. The van der Waals surface area contributed by atoms with Crippen molar-refractivity contribution in [1.82, 2.24) is 9.55 Å². The molecule has 2 nitrogen and oxygen atoms in total. The molecule has 8 aromatic rings. The summed E-state index contributed by atoms with van der Waals surface area (Å²) in [6, 6.07) is 35.3. The molecular formula is C31H18N2S. The molecule has 0 aliphatic carbocycles. The van der Waals surface area contributed by atoms with Gasteiger partial charge in [0.25, 0.3) is 0 Å².